The molecule has 0 radical (unpaired) electrons. The quantitative estimate of drug-likeness (QED) is 0.829. The van der Waals surface area contributed by atoms with E-state index in [0.717, 1.165) is 11.3 Å². The molecule has 1 amide bonds. The second-order valence-electron chi connectivity index (χ2n) is 5.00. The van der Waals surface area contributed by atoms with Crippen LogP contribution >= 0.6 is 0 Å². The Morgan fingerprint density at radius 2 is 1.91 bits per heavy atom. The summed E-state index contributed by atoms with van der Waals surface area (Å²) in [7, 11) is 1.28. The molecule has 1 aromatic carbocycles. The van der Waals surface area contributed by atoms with E-state index in [0.29, 0.717) is 12.2 Å². The molecule has 0 bridgehead atoms. The van der Waals surface area contributed by atoms with E-state index in [1.54, 1.807) is 19.1 Å². The van der Waals surface area contributed by atoms with Crippen LogP contribution in [0.3, 0.4) is 0 Å². The highest BCUT2D eigenvalue weighted by molar-refractivity contribution is 5.81. The number of alkyl carbamates (subject to hydrolysis) is 1. The Bertz CT molecular complexity index is 650. The number of carbonyl (C=O) groups is 2. The lowest BCUT2D eigenvalue weighted by molar-refractivity contribution is -0.143. The number of aryl methyl sites for hydroxylation is 1. The minimum atomic E-state index is -0.812. The van der Waals surface area contributed by atoms with Gasteiger partial charge in [-0.25, -0.2) is 9.59 Å². The SMILES string of the molecule is COC(=O)C(Cc1ccccc1)NC(=O)OCc1ccc(C)o1. The maximum absolute atomic E-state index is 11.9. The number of carbonyl (C=O) groups excluding carboxylic acids is 2. The molecule has 1 aromatic heterocycles. The fraction of sp³-hybridized carbons (Fsp3) is 0.294. The minimum Gasteiger partial charge on any atom is -0.467 e. The molecule has 2 aromatic rings. The average molecular weight is 317 g/mol. The van der Waals surface area contributed by atoms with Gasteiger partial charge in [0.25, 0.3) is 0 Å². The number of hydrogen-bond acceptors (Lipinski definition) is 5. The number of furan rings is 1. The highest BCUT2D eigenvalue weighted by Gasteiger charge is 2.22. The van der Waals surface area contributed by atoms with E-state index in [1.807, 2.05) is 30.3 Å². The third-order valence-corrected chi connectivity index (χ3v) is 3.20. The molecule has 6 heteroatoms. The molecule has 1 N–H and O–H groups in total. The molecule has 2 rings (SSSR count). The number of rotatable bonds is 6. The summed E-state index contributed by atoms with van der Waals surface area (Å²) in [5, 5.41) is 2.52. The van der Waals surface area contributed by atoms with Gasteiger partial charge in [0, 0.05) is 6.42 Å². The molecular formula is C17H19NO5. The first-order valence-corrected chi connectivity index (χ1v) is 7.19. The van der Waals surface area contributed by atoms with Crippen LogP contribution in [-0.4, -0.2) is 25.2 Å². The van der Waals surface area contributed by atoms with Crippen molar-refractivity contribution in [2.24, 2.45) is 0 Å². The topological polar surface area (TPSA) is 77.8 Å². The van der Waals surface area contributed by atoms with Crippen molar-refractivity contribution >= 4 is 12.1 Å². The van der Waals surface area contributed by atoms with Gasteiger partial charge < -0.3 is 19.2 Å². The van der Waals surface area contributed by atoms with Crippen molar-refractivity contribution in [1.82, 2.24) is 5.32 Å². The van der Waals surface area contributed by atoms with Crippen molar-refractivity contribution in [3.63, 3.8) is 0 Å². The average Bonchev–Trinajstić information content (AvgIpc) is 2.98. The van der Waals surface area contributed by atoms with Crippen molar-refractivity contribution in [3.05, 3.63) is 59.5 Å². The third kappa shape index (κ3) is 5.18. The summed E-state index contributed by atoms with van der Waals surface area (Å²) in [6.45, 7) is 1.80. The molecular weight excluding hydrogens is 298 g/mol. The standard InChI is InChI=1S/C17H19NO5/c1-12-8-9-14(23-12)11-22-17(20)18-15(16(19)21-2)10-13-6-4-3-5-7-13/h3-9,15H,10-11H2,1-2H3,(H,18,20). The number of nitrogens with one attached hydrogen (secondary N) is 1. The van der Waals surface area contributed by atoms with Gasteiger partial charge in [0.15, 0.2) is 6.61 Å². The second kappa shape index (κ2) is 8.03. The lowest BCUT2D eigenvalue weighted by atomic mass is 10.1. The normalized spacial score (nSPS) is 11.6. The zero-order chi connectivity index (χ0) is 16.7. The Morgan fingerprint density at radius 1 is 1.17 bits per heavy atom. The fourth-order valence-corrected chi connectivity index (χ4v) is 2.07. The zero-order valence-electron chi connectivity index (χ0n) is 13.1. The number of esters is 1. The Morgan fingerprint density at radius 3 is 2.52 bits per heavy atom. The van der Waals surface area contributed by atoms with E-state index in [-0.39, 0.29) is 6.61 Å². The van der Waals surface area contributed by atoms with Gasteiger partial charge in [-0.05, 0) is 24.6 Å². The smallest absolute Gasteiger partial charge is 0.408 e. The van der Waals surface area contributed by atoms with Crippen molar-refractivity contribution in [3.8, 4) is 0 Å². The van der Waals surface area contributed by atoms with Crippen LogP contribution < -0.4 is 5.32 Å². The first-order valence-electron chi connectivity index (χ1n) is 7.19. The first-order chi connectivity index (χ1) is 11.1. The van der Waals surface area contributed by atoms with Gasteiger partial charge in [-0.15, -0.1) is 0 Å². The van der Waals surface area contributed by atoms with Crippen LogP contribution in [-0.2, 0) is 27.3 Å². The Balaban J connectivity index is 1.91. The molecule has 0 saturated carbocycles. The number of benzene rings is 1. The number of hydrogen-bond donors (Lipinski definition) is 1. The summed E-state index contributed by atoms with van der Waals surface area (Å²) < 4.78 is 15.1. The van der Waals surface area contributed by atoms with Crippen LogP contribution in [0.2, 0.25) is 0 Å². The van der Waals surface area contributed by atoms with Gasteiger partial charge in [0.05, 0.1) is 7.11 Å². The van der Waals surface area contributed by atoms with Gasteiger partial charge in [0.2, 0.25) is 0 Å². The van der Waals surface area contributed by atoms with Crippen LogP contribution in [0.5, 0.6) is 0 Å². The second-order valence-corrected chi connectivity index (χ2v) is 5.00. The Labute approximate surface area is 134 Å². The Kier molecular flexibility index (Phi) is 5.80. The molecule has 0 saturated heterocycles. The van der Waals surface area contributed by atoms with Crippen LogP contribution in [0.25, 0.3) is 0 Å². The van der Waals surface area contributed by atoms with Gasteiger partial charge in [-0.1, -0.05) is 30.3 Å². The number of methoxy groups -OCH3 is 1. The van der Waals surface area contributed by atoms with E-state index in [9.17, 15) is 9.59 Å². The van der Waals surface area contributed by atoms with Gasteiger partial charge in [0.1, 0.15) is 17.6 Å². The van der Waals surface area contributed by atoms with Crippen molar-refractivity contribution in [2.45, 2.75) is 26.0 Å². The maximum Gasteiger partial charge on any atom is 0.408 e. The van der Waals surface area contributed by atoms with E-state index in [2.05, 4.69) is 5.32 Å². The number of amides is 1. The molecule has 122 valence electrons. The molecule has 0 spiro atoms. The summed E-state index contributed by atoms with van der Waals surface area (Å²) >= 11 is 0. The van der Waals surface area contributed by atoms with E-state index in [1.165, 1.54) is 7.11 Å². The molecule has 6 nitrogen and oxygen atoms in total. The predicted octanol–water partition coefficient (Wildman–Crippen LogP) is 2.60. The van der Waals surface area contributed by atoms with Crippen molar-refractivity contribution < 1.29 is 23.5 Å². The molecule has 0 aliphatic carbocycles. The van der Waals surface area contributed by atoms with Gasteiger partial charge >= 0.3 is 12.1 Å². The molecule has 23 heavy (non-hydrogen) atoms. The van der Waals surface area contributed by atoms with E-state index >= 15 is 0 Å². The van der Waals surface area contributed by atoms with Crippen LogP contribution in [0, 0.1) is 6.92 Å². The lowest BCUT2D eigenvalue weighted by Crippen LogP contribution is -2.43. The summed E-state index contributed by atoms with van der Waals surface area (Å²) in [6, 6.07) is 12.0. The van der Waals surface area contributed by atoms with E-state index < -0.39 is 18.1 Å². The number of ether oxygens (including phenoxy) is 2. The Hall–Kier alpha value is -2.76. The molecule has 0 aliphatic rings. The zero-order valence-corrected chi connectivity index (χ0v) is 13.1. The fourth-order valence-electron chi connectivity index (χ4n) is 2.07. The summed E-state index contributed by atoms with van der Waals surface area (Å²) in [6.07, 6.45) is -0.381. The van der Waals surface area contributed by atoms with Crippen LogP contribution in [0.4, 0.5) is 4.79 Å². The third-order valence-electron chi connectivity index (χ3n) is 3.20. The highest BCUT2D eigenvalue weighted by Crippen LogP contribution is 2.08. The molecule has 0 fully saturated rings. The highest BCUT2D eigenvalue weighted by atomic mass is 16.6. The minimum absolute atomic E-state index is 0.00109. The largest absolute Gasteiger partial charge is 0.467 e. The lowest BCUT2D eigenvalue weighted by Gasteiger charge is -2.16. The summed E-state index contributed by atoms with van der Waals surface area (Å²) in [5.41, 5.74) is 0.907. The van der Waals surface area contributed by atoms with Gasteiger partial charge in [-0.2, -0.15) is 0 Å². The maximum atomic E-state index is 11.9. The van der Waals surface area contributed by atoms with Gasteiger partial charge in [-0.3, -0.25) is 0 Å². The predicted molar refractivity (Wildman–Crippen MR) is 82.7 cm³/mol. The first kappa shape index (κ1) is 16.6. The molecule has 1 heterocycles. The van der Waals surface area contributed by atoms with Crippen LogP contribution in [0.1, 0.15) is 17.1 Å². The van der Waals surface area contributed by atoms with Crippen molar-refractivity contribution in [2.75, 3.05) is 7.11 Å². The monoisotopic (exact) mass is 317 g/mol. The molecule has 1 unspecified atom stereocenters. The molecule has 1 atom stereocenters. The van der Waals surface area contributed by atoms with E-state index in [4.69, 9.17) is 13.9 Å². The summed E-state index contributed by atoms with van der Waals surface area (Å²) in [5.74, 6) is 0.746. The molecule has 0 aliphatic heterocycles. The van der Waals surface area contributed by atoms with Crippen molar-refractivity contribution in [1.29, 1.82) is 0 Å². The summed E-state index contributed by atoms with van der Waals surface area (Å²) in [4.78, 5) is 23.7. The van der Waals surface area contributed by atoms with Crippen LogP contribution in [0.15, 0.2) is 46.9 Å².